The fourth-order valence-corrected chi connectivity index (χ4v) is 3.06. The molecule has 0 atom stereocenters. The van der Waals surface area contributed by atoms with Gasteiger partial charge in [0.2, 0.25) is 0 Å². The van der Waals surface area contributed by atoms with Crippen LogP contribution in [-0.4, -0.2) is 28.5 Å². The maximum Gasteiger partial charge on any atom is 0.295 e. The van der Waals surface area contributed by atoms with Crippen LogP contribution < -0.4 is 10.1 Å². The van der Waals surface area contributed by atoms with E-state index in [1.807, 2.05) is 24.4 Å². The van der Waals surface area contributed by atoms with Crippen molar-refractivity contribution in [3.63, 3.8) is 0 Å². The summed E-state index contributed by atoms with van der Waals surface area (Å²) in [6.45, 7) is 2.10. The Bertz CT molecular complexity index is 1050. The lowest BCUT2D eigenvalue weighted by molar-refractivity contribution is 0.414. The van der Waals surface area contributed by atoms with Gasteiger partial charge in [0, 0.05) is 25.0 Å². The minimum Gasteiger partial charge on any atom is -0.497 e. The Morgan fingerprint density at radius 1 is 1.16 bits per heavy atom. The third-order valence-corrected chi connectivity index (χ3v) is 4.49. The summed E-state index contributed by atoms with van der Waals surface area (Å²) in [6, 6.07) is 10.6. The fourth-order valence-electron chi connectivity index (χ4n) is 3.06. The minimum atomic E-state index is 0.539. The fraction of sp³-hybridized carbons (Fsp3) is 0.263. The number of oxazole rings is 1. The molecular formula is C19H20N4O2. The van der Waals surface area contributed by atoms with Gasteiger partial charge in [0.25, 0.3) is 6.01 Å². The number of pyridine rings is 1. The van der Waals surface area contributed by atoms with Crippen molar-refractivity contribution < 1.29 is 9.15 Å². The number of hydrogen-bond donors (Lipinski definition) is 1. The molecule has 4 aromatic rings. The van der Waals surface area contributed by atoms with Gasteiger partial charge < -0.3 is 18.9 Å². The number of imidazole rings is 1. The molecule has 25 heavy (non-hydrogen) atoms. The standard InChI is InChI=1S/C19H20N4O2/c1-12-15(21-18-11-14(24-3)8-9-23(12)18)6-4-13-5-7-16-17(10-13)25-19(20-2)22-16/h5,7-11H,4,6H2,1-3H3,(H,20,22). The maximum atomic E-state index is 5.65. The average molecular weight is 336 g/mol. The van der Waals surface area contributed by atoms with Crippen LogP contribution >= 0.6 is 0 Å². The zero-order valence-corrected chi connectivity index (χ0v) is 14.5. The topological polar surface area (TPSA) is 64.6 Å². The van der Waals surface area contributed by atoms with Crippen LogP contribution in [0.2, 0.25) is 0 Å². The number of benzene rings is 1. The summed E-state index contributed by atoms with van der Waals surface area (Å²) < 4.78 is 13.0. The van der Waals surface area contributed by atoms with E-state index in [-0.39, 0.29) is 0 Å². The van der Waals surface area contributed by atoms with E-state index in [9.17, 15) is 0 Å². The molecule has 128 valence electrons. The highest BCUT2D eigenvalue weighted by atomic mass is 16.5. The van der Waals surface area contributed by atoms with E-state index in [0.29, 0.717) is 6.01 Å². The number of rotatable bonds is 5. The number of fused-ring (bicyclic) bond motifs is 2. The average Bonchev–Trinajstić information content (AvgIpc) is 3.19. The van der Waals surface area contributed by atoms with Crippen molar-refractivity contribution in [1.29, 1.82) is 0 Å². The van der Waals surface area contributed by atoms with Crippen molar-refractivity contribution in [2.75, 3.05) is 19.5 Å². The molecule has 0 radical (unpaired) electrons. The lowest BCUT2D eigenvalue weighted by Gasteiger charge is -2.01. The first kappa shape index (κ1) is 15.5. The molecule has 0 aliphatic carbocycles. The number of nitrogens with one attached hydrogen (secondary N) is 1. The van der Waals surface area contributed by atoms with Crippen LogP contribution in [-0.2, 0) is 12.8 Å². The van der Waals surface area contributed by atoms with E-state index >= 15 is 0 Å². The van der Waals surface area contributed by atoms with Crippen LogP contribution in [0.4, 0.5) is 6.01 Å². The number of hydrogen-bond acceptors (Lipinski definition) is 5. The monoisotopic (exact) mass is 336 g/mol. The Kier molecular flexibility index (Phi) is 3.80. The van der Waals surface area contributed by atoms with Crippen molar-refractivity contribution in [3.05, 3.63) is 53.5 Å². The Hall–Kier alpha value is -3.02. The number of ether oxygens (including phenoxy) is 1. The summed E-state index contributed by atoms with van der Waals surface area (Å²) in [6.07, 6.45) is 3.77. The first-order valence-corrected chi connectivity index (χ1v) is 8.26. The lowest BCUT2D eigenvalue weighted by Crippen LogP contribution is -1.94. The summed E-state index contributed by atoms with van der Waals surface area (Å²) in [5.41, 5.74) is 6.05. The zero-order chi connectivity index (χ0) is 17.4. The lowest BCUT2D eigenvalue weighted by atomic mass is 10.1. The quantitative estimate of drug-likeness (QED) is 0.603. The summed E-state index contributed by atoms with van der Waals surface area (Å²) >= 11 is 0. The molecule has 0 aliphatic heterocycles. The molecular weight excluding hydrogens is 316 g/mol. The van der Waals surface area contributed by atoms with Gasteiger partial charge in [-0.1, -0.05) is 6.07 Å². The molecule has 1 aromatic carbocycles. The van der Waals surface area contributed by atoms with Crippen LogP contribution in [0.15, 0.2) is 40.9 Å². The zero-order valence-electron chi connectivity index (χ0n) is 14.5. The van der Waals surface area contributed by atoms with Gasteiger partial charge in [-0.2, -0.15) is 4.98 Å². The van der Waals surface area contributed by atoms with Crippen LogP contribution in [0.25, 0.3) is 16.7 Å². The second-order valence-corrected chi connectivity index (χ2v) is 6.01. The minimum absolute atomic E-state index is 0.539. The van der Waals surface area contributed by atoms with Gasteiger partial charge in [-0.05, 0) is 43.5 Å². The van der Waals surface area contributed by atoms with Gasteiger partial charge in [0.1, 0.15) is 16.9 Å². The highest BCUT2D eigenvalue weighted by Gasteiger charge is 2.10. The van der Waals surface area contributed by atoms with Gasteiger partial charge in [-0.15, -0.1) is 0 Å². The van der Waals surface area contributed by atoms with E-state index in [1.165, 1.54) is 5.56 Å². The van der Waals surface area contributed by atoms with Crippen LogP contribution in [0, 0.1) is 6.92 Å². The summed E-state index contributed by atoms with van der Waals surface area (Å²) in [7, 11) is 3.47. The Morgan fingerprint density at radius 3 is 2.84 bits per heavy atom. The molecule has 0 spiro atoms. The van der Waals surface area contributed by atoms with Crippen LogP contribution in [0.5, 0.6) is 5.75 Å². The molecule has 0 aliphatic rings. The molecule has 4 rings (SSSR count). The number of anilines is 1. The Morgan fingerprint density at radius 2 is 2.04 bits per heavy atom. The number of aromatic nitrogens is 3. The SMILES string of the molecule is CNc1nc2ccc(CCc3nc4cc(OC)ccn4c3C)cc2o1. The molecule has 1 N–H and O–H groups in total. The van der Waals surface area contributed by atoms with Crippen molar-refractivity contribution in [3.8, 4) is 5.75 Å². The molecule has 6 heteroatoms. The molecule has 0 saturated carbocycles. The van der Waals surface area contributed by atoms with Gasteiger partial charge in [0.05, 0.1) is 12.8 Å². The van der Waals surface area contributed by atoms with Crippen molar-refractivity contribution in [2.24, 2.45) is 0 Å². The van der Waals surface area contributed by atoms with Crippen molar-refractivity contribution in [1.82, 2.24) is 14.4 Å². The van der Waals surface area contributed by atoms with Crippen molar-refractivity contribution in [2.45, 2.75) is 19.8 Å². The van der Waals surface area contributed by atoms with Gasteiger partial charge in [0.15, 0.2) is 5.58 Å². The van der Waals surface area contributed by atoms with Gasteiger partial charge in [-0.25, -0.2) is 4.98 Å². The highest BCUT2D eigenvalue weighted by molar-refractivity contribution is 5.75. The highest BCUT2D eigenvalue weighted by Crippen LogP contribution is 2.22. The summed E-state index contributed by atoms with van der Waals surface area (Å²) in [5.74, 6) is 0.820. The Labute approximate surface area is 145 Å². The van der Waals surface area contributed by atoms with E-state index in [0.717, 1.165) is 46.7 Å². The summed E-state index contributed by atoms with van der Waals surface area (Å²) in [4.78, 5) is 9.10. The second kappa shape index (κ2) is 6.12. The molecule has 0 amide bonds. The first-order valence-electron chi connectivity index (χ1n) is 8.26. The van der Waals surface area contributed by atoms with Crippen molar-refractivity contribution >= 4 is 22.8 Å². The van der Waals surface area contributed by atoms with Gasteiger partial charge in [-0.3, -0.25) is 0 Å². The third kappa shape index (κ3) is 2.80. The molecule has 3 aromatic heterocycles. The predicted molar refractivity (Wildman–Crippen MR) is 97.4 cm³/mol. The Balaban J connectivity index is 1.58. The van der Waals surface area contributed by atoms with Gasteiger partial charge >= 0.3 is 0 Å². The van der Waals surface area contributed by atoms with E-state index in [4.69, 9.17) is 14.1 Å². The predicted octanol–water partition coefficient (Wildman–Crippen LogP) is 3.62. The molecule has 6 nitrogen and oxygen atoms in total. The molecule has 0 unspecified atom stereocenters. The normalized spacial score (nSPS) is 11.3. The third-order valence-electron chi connectivity index (χ3n) is 4.49. The largest absolute Gasteiger partial charge is 0.497 e. The number of aryl methyl sites for hydroxylation is 3. The van der Waals surface area contributed by atoms with Crippen LogP contribution in [0.1, 0.15) is 17.0 Å². The maximum absolute atomic E-state index is 5.65. The molecule has 0 bridgehead atoms. The smallest absolute Gasteiger partial charge is 0.295 e. The second-order valence-electron chi connectivity index (χ2n) is 6.01. The number of nitrogens with zero attached hydrogens (tertiary/aromatic N) is 3. The first-order chi connectivity index (χ1) is 12.2. The molecule has 3 heterocycles. The number of methoxy groups -OCH3 is 1. The van der Waals surface area contributed by atoms with E-state index in [1.54, 1.807) is 14.2 Å². The van der Waals surface area contributed by atoms with E-state index in [2.05, 4.69) is 33.8 Å². The molecule has 0 saturated heterocycles. The summed E-state index contributed by atoms with van der Waals surface area (Å²) in [5, 5.41) is 2.92. The van der Waals surface area contributed by atoms with Crippen LogP contribution in [0.3, 0.4) is 0 Å². The molecule has 0 fully saturated rings. The van der Waals surface area contributed by atoms with E-state index < -0.39 is 0 Å².